The van der Waals surface area contributed by atoms with E-state index in [1.54, 1.807) is 0 Å². The summed E-state index contributed by atoms with van der Waals surface area (Å²) in [6, 6.07) is 0. The Hall–Kier alpha value is -2.85. The number of aromatic amines is 2. The number of hydrogen-bond acceptors (Lipinski definition) is 15. The van der Waals surface area contributed by atoms with Gasteiger partial charge in [0.05, 0.1) is 43.5 Å². The fraction of sp³-hybridized carbons (Fsp3) is 0.500. The molecule has 0 amide bonds. The smallest absolute Gasteiger partial charge is 0.325 e. The van der Waals surface area contributed by atoms with Crippen molar-refractivity contribution in [2.24, 2.45) is 0 Å². The van der Waals surface area contributed by atoms with Crippen LogP contribution in [-0.2, 0) is 25.6 Å². The maximum Gasteiger partial charge on any atom is 0.325 e. The molecule has 8 N–H and O–H groups in total. The Morgan fingerprint density at radius 3 is 2.60 bits per heavy atom. The van der Waals surface area contributed by atoms with Crippen LogP contribution in [0.25, 0.3) is 22.3 Å². The van der Waals surface area contributed by atoms with Crippen molar-refractivity contribution in [1.29, 1.82) is 0 Å². The quantitative estimate of drug-likeness (QED) is 0.102. The van der Waals surface area contributed by atoms with Crippen LogP contribution in [0.1, 0.15) is 11.6 Å². The zero-order valence-electron chi connectivity index (χ0n) is 21.0. The number of nitrogens with two attached hydrogens (primary N) is 1. The average Bonchev–Trinajstić information content (AvgIpc) is 3.69. The van der Waals surface area contributed by atoms with Gasteiger partial charge in [0.2, 0.25) is 5.95 Å². The number of nitrogens with zero attached hydrogens (tertiary/aromatic N) is 6. The molecule has 6 rings (SSSR count). The lowest BCUT2D eigenvalue weighted by Gasteiger charge is -2.27. The maximum absolute atomic E-state index is 15.1. The number of fused-ring (bicyclic) bond motifs is 2. The van der Waals surface area contributed by atoms with Crippen molar-refractivity contribution in [3.05, 3.63) is 39.7 Å². The van der Waals surface area contributed by atoms with Crippen molar-refractivity contribution < 1.29 is 38.4 Å². The van der Waals surface area contributed by atoms with Crippen LogP contribution in [0.15, 0.2) is 28.6 Å². The molecule has 1 unspecified atom stereocenters. The minimum atomic E-state index is -4.22. The number of imidazole rings is 2. The molecular weight excluding hydrogens is 624 g/mol. The first-order chi connectivity index (χ1) is 20.0. The number of nitrogens with one attached hydrogen (secondary N) is 2. The van der Waals surface area contributed by atoms with E-state index in [2.05, 4.69) is 29.9 Å². The monoisotopic (exact) mass is 647 g/mol. The van der Waals surface area contributed by atoms with Gasteiger partial charge in [-0.05, 0) is 11.8 Å². The molecule has 18 nitrogen and oxygen atoms in total. The Bertz CT molecular complexity index is 1800. The number of rotatable bonds is 8. The number of aromatic nitrogens is 8. The summed E-state index contributed by atoms with van der Waals surface area (Å²) in [5.74, 6) is -0.185. The molecule has 0 spiro atoms. The lowest BCUT2D eigenvalue weighted by Crippen LogP contribution is -2.35. The van der Waals surface area contributed by atoms with Gasteiger partial charge in [0.25, 0.3) is 11.1 Å². The molecule has 4 aromatic heterocycles. The molecule has 2 aliphatic heterocycles. The van der Waals surface area contributed by atoms with Gasteiger partial charge in [0, 0.05) is 0 Å². The number of aliphatic hydroxyl groups is 3. The van der Waals surface area contributed by atoms with E-state index in [1.165, 1.54) is 10.9 Å². The number of nitrogen functional groups attached to an aromatic ring is 1. The molecular formula is C20H23FN9O9PS2. The molecule has 0 aromatic carbocycles. The molecule has 2 saturated heterocycles. The summed E-state index contributed by atoms with van der Waals surface area (Å²) in [6.07, 6.45) is -5.60. The topological polar surface area (TPSA) is 262 Å². The molecule has 226 valence electrons. The highest BCUT2D eigenvalue weighted by Gasteiger charge is 2.49. The van der Waals surface area contributed by atoms with Gasteiger partial charge < -0.3 is 40.2 Å². The number of ether oxygens (including phenoxy) is 1. The second kappa shape index (κ2) is 11.0. The minimum Gasteiger partial charge on any atom is -0.395 e. The molecule has 0 saturated carbocycles. The number of alkyl halides is 1. The van der Waals surface area contributed by atoms with Crippen LogP contribution in [-0.4, -0.2) is 108 Å². The van der Waals surface area contributed by atoms with Crippen LogP contribution in [0.3, 0.4) is 0 Å². The van der Waals surface area contributed by atoms with Crippen LogP contribution in [0.4, 0.5) is 10.3 Å². The van der Waals surface area contributed by atoms with E-state index >= 15 is 4.39 Å². The van der Waals surface area contributed by atoms with Crippen LogP contribution in [0.5, 0.6) is 0 Å². The second-order valence-corrected chi connectivity index (χ2v) is 13.6. The zero-order chi connectivity index (χ0) is 29.9. The van der Waals surface area contributed by atoms with Crippen LogP contribution in [0.2, 0.25) is 0 Å². The standard InChI is InChI=1S/C20H23FN9O9PS2/c21-8-11(32)6(38-18(8)29-4-25-9-14(29)23-3-24-16(9)34)2-37-40(36,41)39-13-12(33)7(1-31)42-19(13)30-5-26-10-15(30)27-20(22)28-17(10)35/h3-8,11-13,18-19,31-33H,1-2H2,(H,36,41)(H,23,24,34)(H3,22,27,28,35)/t6-,7-,8+,11-,12-,13-,18-,19-,40?/m1/s1. The van der Waals surface area contributed by atoms with Crippen LogP contribution < -0.4 is 16.9 Å². The summed E-state index contributed by atoms with van der Waals surface area (Å²) >= 11 is 6.20. The molecule has 0 aliphatic carbocycles. The first-order valence-electron chi connectivity index (χ1n) is 12.2. The predicted molar refractivity (Wildman–Crippen MR) is 146 cm³/mol. The highest BCUT2D eigenvalue weighted by atomic mass is 32.5. The van der Waals surface area contributed by atoms with Gasteiger partial charge in [-0.3, -0.25) is 28.2 Å². The Morgan fingerprint density at radius 2 is 1.86 bits per heavy atom. The second-order valence-electron chi connectivity index (χ2n) is 9.40. The first kappa shape index (κ1) is 29.2. The third-order valence-corrected chi connectivity index (χ3v) is 9.92. The fourth-order valence-electron chi connectivity index (χ4n) is 4.80. The Balaban J connectivity index is 1.19. The van der Waals surface area contributed by atoms with E-state index in [1.807, 2.05) is 0 Å². The molecule has 2 aliphatic rings. The van der Waals surface area contributed by atoms with Crippen molar-refractivity contribution in [2.45, 2.75) is 47.4 Å². The number of anilines is 1. The lowest BCUT2D eigenvalue weighted by molar-refractivity contribution is -0.0478. The fourth-order valence-corrected chi connectivity index (χ4v) is 7.73. The maximum atomic E-state index is 15.1. The van der Waals surface area contributed by atoms with Gasteiger partial charge in [-0.1, -0.05) is 0 Å². The average molecular weight is 648 g/mol. The summed E-state index contributed by atoms with van der Waals surface area (Å²) in [6.45, 7) is -5.30. The van der Waals surface area contributed by atoms with E-state index in [0.717, 1.165) is 29.0 Å². The molecule has 2 fully saturated rings. The molecule has 22 heteroatoms. The number of H-pyrrole nitrogens is 2. The summed E-state index contributed by atoms with van der Waals surface area (Å²) in [7, 11) is 0. The summed E-state index contributed by atoms with van der Waals surface area (Å²) < 4.78 is 34.3. The van der Waals surface area contributed by atoms with Gasteiger partial charge in [0.15, 0.2) is 34.7 Å². The zero-order valence-corrected chi connectivity index (χ0v) is 23.5. The summed E-state index contributed by atoms with van der Waals surface area (Å²) in [5, 5.41) is 29.4. The lowest BCUT2D eigenvalue weighted by atomic mass is 10.1. The number of thioether (sulfide) groups is 1. The third kappa shape index (κ3) is 5.04. The molecule has 0 radical (unpaired) electrons. The molecule has 6 heterocycles. The van der Waals surface area contributed by atoms with Gasteiger partial charge in [-0.15, -0.1) is 11.8 Å². The highest BCUT2D eigenvalue weighted by molar-refractivity contribution is 8.07. The SMILES string of the molecule is Nc1nc2c(ncn2[C@@H]2S[C@H](CO)[C@@H](O)[C@H]2OP(O)(=S)OC[C@H]2O[C@@H](n3cnc4c(=O)[nH]cnc43)[C@@H](F)[C@@H]2O)c(=O)[nH]1. The Labute approximate surface area is 241 Å². The molecule has 42 heavy (non-hydrogen) atoms. The van der Waals surface area contributed by atoms with E-state index in [9.17, 15) is 29.8 Å². The molecule has 0 bridgehead atoms. The van der Waals surface area contributed by atoms with Gasteiger partial charge in [0.1, 0.15) is 23.7 Å². The minimum absolute atomic E-state index is 0.0261. The van der Waals surface area contributed by atoms with Crippen molar-refractivity contribution in [2.75, 3.05) is 18.9 Å². The largest absolute Gasteiger partial charge is 0.395 e. The first-order valence-corrected chi connectivity index (χ1v) is 15.7. The number of aliphatic hydroxyl groups excluding tert-OH is 3. The third-order valence-electron chi connectivity index (χ3n) is 6.81. The van der Waals surface area contributed by atoms with E-state index < -0.39 is 78.5 Å². The van der Waals surface area contributed by atoms with Crippen LogP contribution >= 0.6 is 18.5 Å². The van der Waals surface area contributed by atoms with Gasteiger partial charge >= 0.3 is 6.72 Å². The van der Waals surface area contributed by atoms with Crippen molar-refractivity contribution in [3.63, 3.8) is 0 Å². The van der Waals surface area contributed by atoms with E-state index in [0.29, 0.717) is 0 Å². The van der Waals surface area contributed by atoms with Crippen LogP contribution in [0, 0.1) is 0 Å². The molecule has 9 atom stereocenters. The van der Waals surface area contributed by atoms with Crippen molar-refractivity contribution in [1.82, 2.24) is 39.0 Å². The van der Waals surface area contributed by atoms with Crippen molar-refractivity contribution >= 4 is 58.6 Å². The summed E-state index contributed by atoms with van der Waals surface area (Å²) in [5.41, 5.74) is 4.52. The van der Waals surface area contributed by atoms with E-state index in [-0.39, 0.29) is 28.3 Å². The normalized spacial score (nSPS) is 31.3. The van der Waals surface area contributed by atoms with Crippen molar-refractivity contribution in [3.8, 4) is 0 Å². The number of hydrogen-bond donors (Lipinski definition) is 7. The van der Waals surface area contributed by atoms with Gasteiger partial charge in [-0.25, -0.2) is 19.3 Å². The van der Waals surface area contributed by atoms with E-state index in [4.69, 9.17) is 31.3 Å². The predicted octanol–water partition coefficient (Wildman–Crippen LogP) is -1.98. The van der Waals surface area contributed by atoms with Gasteiger partial charge in [-0.2, -0.15) is 4.98 Å². The number of halogens is 1. The molecule has 4 aromatic rings. The Morgan fingerprint density at radius 1 is 1.14 bits per heavy atom. The summed E-state index contributed by atoms with van der Waals surface area (Å²) in [4.78, 5) is 55.8. The Kier molecular flexibility index (Phi) is 7.66. The highest BCUT2D eigenvalue weighted by Crippen LogP contribution is 2.53.